The van der Waals surface area contributed by atoms with Gasteiger partial charge in [-0.1, -0.05) is 39.7 Å². The third kappa shape index (κ3) is 2.88. The highest BCUT2D eigenvalue weighted by molar-refractivity contribution is 9.10. The van der Waals surface area contributed by atoms with Crippen molar-refractivity contribution >= 4 is 45.2 Å². The van der Waals surface area contributed by atoms with E-state index in [-0.39, 0.29) is 0 Å². The number of fused-ring (bicyclic) bond motifs is 1. The van der Waals surface area contributed by atoms with Crippen molar-refractivity contribution in [1.29, 1.82) is 0 Å². The summed E-state index contributed by atoms with van der Waals surface area (Å²) in [6.45, 7) is 0. The topological polar surface area (TPSA) is 42.8 Å². The number of rotatable bonds is 3. The van der Waals surface area contributed by atoms with Crippen molar-refractivity contribution < 1.29 is 4.42 Å². The zero-order chi connectivity index (χ0) is 16.5. The summed E-state index contributed by atoms with van der Waals surface area (Å²) in [6, 6.07) is 15.3. The molecule has 118 valence electrons. The molecule has 0 amide bonds. The number of imidazole rings is 1. The first-order valence-electron chi connectivity index (χ1n) is 7.22. The Balaban J connectivity index is 1.87. The molecule has 6 heteroatoms. The molecule has 0 aliphatic carbocycles. The highest BCUT2D eigenvalue weighted by atomic mass is 79.9. The van der Waals surface area contributed by atoms with Crippen LogP contribution < -0.4 is 0 Å². The highest BCUT2D eigenvalue weighted by Crippen LogP contribution is 2.32. The van der Waals surface area contributed by atoms with Gasteiger partial charge in [0.25, 0.3) is 0 Å². The molecule has 0 atom stereocenters. The lowest BCUT2D eigenvalue weighted by molar-refractivity contribution is 0.580. The lowest BCUT2D eigenvalue weighted by Gasteiger charge is -1.99. The van der Waals surface area contributed by atoms with Gasteiger partial charge in [-0.25, -0.2) is 9.98 Å². The summed E-state index contributed by atoms with van der Waals surface area (Å²) >= 11 is 9.56. The van der Waals surface area contributed by atoms with Crippen molar-refractivity contribution in [3.63, 3.8) is 0 Å². The van der Waals surface area contributed by atoms with Gasteiger partial charge in [0.15, 0.2) is 17.3 Å². The summed E-state index contributed by atoms with van der Waals surface area (Å²) in [5, 5.41) is 0.617. The number of nitrogens with zero attached hydrogens (tertiary/aromatic N) is 3. The summed E-state index contributed by atoms with van der Waals surface area (Å²) in [5.74, 6) is 1.34. The Bertz CT molecular complexity index is 1020. The van der Waals surface area contributed by atoms with Crippen molar-refractivity contribution in [3.8, 4) is 11.5 Å². The van der Waals surface area contributed by atoms with Crippen molar-refractivity contribution in [1.82, 2.24) is 9.38 Å². The Kier molecular flexibility index (Phi) is 3.96. The third-order valence-electron chi connectivity index (χ3n) is 3.52. The van der Waals surface area contributed by atoms with E-state index < -0.39 is 0 Å². The maximum atomic E-state index is 6.13. The van der Waals surface area contributed by atoms with Crippen molar-refractivity contribution in [2.24, 2.45) is 4.99 Å². The second kappa shape index (κ2) is 6.26. The molecule has 0 fully saturated rings. The Labute approximate surface area is 151 Å². The summed E-state index contributed by atoms with van der Waals surface area (Å²) < 4.78 is 8.38. The summed E-state index contributed by atoms with van der Waals surface area (Å²) in [5.41, 5.74) is 2.42. The molecule has 0 aliphatic heterocycles. The van der Waals surface area contributed by atoms with Gasteiger partial charge in [-0.3, -0.25) is 4.40 Å². The normalized spacial score (nSPS) is 11.6. The minimum absolute atomic E-state index is 0.617. The van der Waals surface area contributed by atoms with Crippen LogP contribution in [-0.4, -0.2) is 15.6 Å². The Hall–Kier alpha value is -2.37. The zero-order valence-electron chi connectivity index (χ0n) is 12.4. The molecule has 3 heterocycles. The molecular weight excluding hydrogens is 390 g/mol. The van der Waals surface area contributed by atoms with Crippen LogP contribution in [0, 0.1) is 0 Å². The minimum Gasteiger partial charge on any atom is -0.463 e. The summed E-state index contributed by atoms with van der Waals surface area (Å²) in [7, 11) is 0. The van der Waals surface area contributed by atoms with Crippen LogP contribution in [0.5, 0.6) is 0 Å². The molecule has 3 aromatic heterocycles. The molecule has 4 nitrogen and oxygen atoms in total. The Morgan fingerprint density at radius 1 is 1.12 bits per heavy atom. The van der Waals surface area contributed by atoms with Gasteiger partial charge >= 0.3 is 0 Å². The molecule has 0 aliphatic rings. The Morgan fingerprint density at radius 3 is 2.71 bits per heavy atom. The number of furan rings is 1. The van der Waals surface area contributed by atoms with Gasteiger partial charge in [0.2, 0.25) is 0 Å². The summed E-state index contributed by atoms with van der Waals surface area (Å²) in [6.07, 6.45) is 5.21. The van der Waals surface area contributed by atoms with Crippen LogP contribution in [0.4, 0.5) is 5.82 Å². The predicted molar refractivity (Wildman–Crippen MR) is 99.3 cm³/mol. The first kappa shape index (κ1) is 15.2. The fourth-order valence-electron chi connectivity index (χ4n) is 2.39. The number of aliphatic imine (C=N–C) groups is 1. The van der Waals surface area contributed by atoms with E-state index in [0.717, 1.165) is 15.7 Å². The van der Waals surface area contributed by atoms with Gasteiger partial charge in [-0.05, 0) is 42.0 Å². The fraction of sp³-hybridized carbons (Fsp3) is 0. The smallest absolute Gasteiger partial charge is 0.168 e. The van der Waals surface area contributed by atoms with Crippen LogP contribution >= 0.6 is 27.5 Å². The monoisotopic (exact) mass is 399 g/mol. The fourth-order valence-corrected chi connectivity index (χ4v) is 2.82. The first-order chi connectivity index (χ1) is 11.7. The van der Waals surface area contributed by atoms with Gasteiger partial charge < -0.3 is 4.42 Å². The minimum atomic E-state index is 0.617. The molecule has 0 radical (unpaired) electrons. The van der Waals surface area contributed by atoms with Gasteiger partial charge in [-0.2, -0.15) is 0 Å². The average molecular weight is 401 g/mol. The van der Waals surface area contributed by atoms with Gasteiger partial charge in [0.1, 0.15) is 5.65 Å². The van der Waals surface area contributed by atoms with E-state index in [0.29, 0.717) is 22.3 Å². The third-order valence-corrected chi connectivity index (χ3v) is 4.27. The van der Waals surface area contributed by atoms with E-state index in [4.69, 9.17) is 16.0 Å². The quantitative estimate of drug-likeness (QED) is 0.410. The van der Waals surface area contributed by atoms with E-state index in [1.54, 1.807) is 24.7 Å². The average Bonchev–Trinajstić information content (AvgIpc) is 3.21. The molecule has 4 aromatic rings. The maximum absolute atomic E-state index is 6.13. The highest BCUT2D eigenvalue weighted by Gasteiger charge is 2.15. The van der Waals surface area contributed by atoms with Crippen LogP contribution in [0.2, 0.25) is 5.02 Å². The van der Waals surface area contributed by atoms with Crippen molar-refractivity contribution in [3.05, 3.63) is 76.0 Å². The number of pyridine rings is 1. The second-order valence-corrected chi connectivity index (χ2v) is 6.50. The van der Waals surface area contributed by atoms with E-state index in [1.165, 1.54) is 0 Å². The maximum Gasteiger partial charge on any atom is 0.168 e. The molecule has 1 aromatic carbocycles. The van der Waals surface area contributed by atoms with Crippen LogP contribution in [0.1, 0.15) is 5.56 Å². The van der Waals surface area contributed by atoms with Gasteiger partial charge in [-0.15, -0.1) is 0 Å². The molecular formula is C18H11BrClN3O. The number of aromatic nitrogens is 2. The lowest BCUT2D eigenvalue weighted by Crippen LogP contribution is -1.85. The zero-order valence-corrected chi connectivity index (χ0v) is 14.7. The molecule has 0 N–H and O–H groups in total. The lowest BCUT2D eigenvalue weighted by atomic mass is 10.2. The molecule has 0 spiro atoms. The first-order valence-corrected chi connectivity index (χ1v) is 8.39. The van der Waals surface area contributed by atoms with Crippen molar-refractivity contribution in [2.75, 3.05) is 0 Å². The van der Waals surface area contributed by atoms with Gasteiger partial charge in [0, 0.05) is 16.9 Å². The van der Waals surface area contributed by atoms with Crippen molar-refractivity contribution in [2.45, 2.75) is 0 Å². The predicted octanol–water partition coefficient (Wildman–Crippen LogP) is 5.76. The van der Waals surface area contributed by atoms with Crippen LogP contribution in [0.15, 0.2) is 74.9 Å². The van der Waals surface area contributed by atoms with E-state index >= 15 is 0 Å². The van der Waals surface area contributed by atoms with Crippen LogP contribution in [0.3, 0.4) is 0 Å². The van der Waals surface area contributed by atoms with Crippen LogP contribution in [0.25, 0.3) is 17.1 Å². The molecule has 0 unspecified atom stereocenters. The van der Waals surface area contributed by atoms with Gasteiger partial charge in [0.05, 0.1) is 11.3 Å². The Morgan fingerprint density at radius 2 is 1.96 bits per heavy atom. The summed E-state index contributed by atoms with van der Waals surface area (Å²) in [4.78, 5) is 9.24. The standard InChI is InChI=1S/C18H11BrClN3O/c19-13-5-3-12(4-6-13)10-21-18-17(15-2-1-9-24-15)22-16-8-7-14(20)11-23(16)18/h1-11H/b21-10+. The number of halogens is 2. The number of hydrogen-bond acceptors (Lipinski definition) is 3. The van der Waals surface area contributed by atoms with Crippen LogP contribution in [-0.2, 0) is 0 Å². The number of hydrogen-bond donors (Lipinski definition) is 0. The number of benzene rings is 1. The largest absolute Gasteiger partial charge is 0.463 e. The van der Waals surface area contributed by atoms with E-state index in [1.807, 2.05) is 46.9 Å². The second-order valence-electron chi connectivity index (χ2n) is 5.15. The molecule has 0 saturated heterocycles. The molecule has 0 bridgehead atoms. The SMILES string of the molecule is Clc1ccc2nc(-c3ccco3)c(/N=C/c3ccc(Br)cc3)n2c1. The van der Waals surface area contributed by atoms with E-state index in [9.17, 15) is 0 Å². The van der Waals surface area contributed by atoms with E-state index in [2.05, 4.69) is 25.9 Å². The molecule has 24 heavy (non-hydrogen) atoms. The molecule has 4 rings (SSSR count). The molecule has 0 saturated carbocycles.